The minimum Gasteiger partial charge on any atom is -0.457 e. The summed E-state index contributed by atoms with van der Waals surface area (Å²) in [6.07, 6.45) is 0. The Morgan fingerprint density at radius 2 is 1.81 bits per heavy atom. The van der Waals surface area contributed by atoms with Crippen LogP contribution in [0, 0.1) is 0 Å². The van der Waals surface area contributed by atoms with E-state index in [1.807, 2.05) is 48.5 Å². The molecule has 0 aliphatic heterocycles. The summed E-state index contributed by atoms with van der Waals surface area (Å²) in [5.74, 6) is 1.61. The van der Waals surface area contributed by atoms with E-state index in [0.29, 0.717) is 6.54 Å². The molecule has 0 aliphatic carbocycles. The number of hydrogen-bond donors (Lipinski definition) is 1. The van der Waals surface area contributed by atoms with Crippen LogP contribution in [0.1, 0.15) is 5.56 Å². The van der Waals surface area contributed by atoms with Gasteiger partial charge in [-0.05, 0) is 24.3 Å². The van der Waals surface area contributed by atoms with Crippen molar-refractivity contribution < 1.29 is 4.74 Å². The number of hydrogen-bond acceptors (Lipinski definition) is 2. The van der Waals surface area contributed by atoms with Crippen LogP contribution in [0.5, 0.6) is 11.5 Å². The van der Waals surface area contributed by atoms with Gasteiger partial charge in [0.15, 0.2) is 0 Å². The number of rotatable bonds is 3. The van der Waals surface area contributed by atoms with E-state index >= 15 is 0 Å². The third kappa shape index (κ3) is 2.62. The van der Waals surface area contributed by atoms with Gasteiger partial charge >= 0.3 is 0 Å². The van der Waals surface area contributed by atoms with Crippen molar-refractivity contribution in [2.45, 2.75) is 6.54 Å². The topological polar surface area (TPSA) is 35.2 Å². The first-order valence-electron chi connectivity index (χ1n) is 5.01. The predicted octanol–water partition coefficient (Wildman–Crippen LogP) is 3.70. The van der Waals surface area contributed by atoms with Crippen LogP contribution in [0.15, 0.2) is 53.0 Å². The largest absolute Gasteiger partial charge is 0.457 e. The summed E-state index contributed by atoms with van der Waals surface area (Å²) in [6, 6.07) is 15.5. The maximum atomic E-state index is 5.77. The van der Waals surface area contributed by atoms with E-state index in [1.54, 1.807) is 0 Å². The molecule has 0 aliphatic rings. The third-order valence-electron chi connectivity index (χ3n) is 2.22. The van der Waals surface area contributed by atoms with Crippen molar-refractivity contribution in [3.8, 4) is 11.5 Å². The second-order valence-electron chi connectivity index (χ2n) is 3.37. The molecule has 0 radical (unpaired) electrons. The van der Waals surface area contributed by atoms with Crippen molar-refractivity contribution >= 4 is 15.9 Å². The average Bonchev–Trinajstić information content (AvgIpc) is 2.31. The highest BCUT2D eigenvalue weighted by molar-refractivity contribution is 9.10. The van der Waals surface area contributed by atoms with E-state index in [2.05, 4.69) is 15.9 Å². The van der Waals surface area contributed by atoms with Crippen molar-refractivity contribution in [1.82, 2.24) is 0 Å². The van der Waals surface area contributed by atoms with E-state index in [9.17, 15) is 0 Å². The van der Waals surface area contributed by atoms with E-state index < -0.39 is 0 Å². The molecule has 0 fully saturated rings. The maximum Gasteiger partial charge on any atom is 0.133 e. The van der Waals surface area contributed by atoms with Crippen LogP contribution >= 0.6 is 15.9 Å². The highest BCUT2D eigenvalue weighted by Crippen LogP contribution is 2.28. The molecule has 0 saturated carbocycles. The Morgan fingerprint density at radius 1 is 1.06 bits per heavy atom. The SMILES string of the molecule is NCc1ccc(Br)cc1Oc1ccccc1. The molecule has 2 rings (SSSR count). The van der Waals surface area contributed by atoms with E-state index in [0.717, 1.165) is 21.5 Å². The Bertz CT molecular complexity index is 471. The van der Waals surface area contributed by atoms with Crippen LogP contribution in [0.3, 0.4) is 0 Å². The molecule has 2 nitrogen and oxygen atoms in total. The van der Waals surface area contributed by atoms with Gasteiger partial charge in [0, 0.05) is 16.6 Å². The minimum absolute atomic E-state index is 0.468. The molecule has 0 unspecified atom stereocenters. The molecule has 3 heteroatoms. The monoisotopic (exact) mass is 277 g/mol. The van der Waals surface area contributed by atoms with Crippen molar-refractivity contribution in [2.24, 2.45) is 5.73 Å². The molecule has 2 N–H and O–H groups in total. The quantitative estimate of drug-likeness (QED) is 0.929. The Morgan fingerprint density at radius 3 is 2.50 bits per heavy atom. The number of halogens is 1. The lowest BCUT2D eigenvalue weighted by Gasteiger charge is -2.10. The molecule has 0 amide bonds. The third-order valence-corrected chi connectivity index (χ3v) is 2.71. The fourth-order valence-electron chi connectivity index (χ4n) is 1.41. The molecule has 0 heterocycles. The van der Waals surface area contributed by atoms with Gasteiger partial charge in [0.2, 0.25) is 0 Å². The van der Waals surface area contributed by atoms with Crippen molar-refractivity contribution in [3.63, 3.8) is 0 Å². The number of benzene rings is 2. The summed E-state index contributed by atoms with van der Waals surface area (Å²) < 4.78 is 6.75. The summed E-state index contributed by atoms with van der Waals surface area (Å²) >= 11 is 3.42. The molecule has 2 aromatic carbocycles. The van der Waals surface area contributed by atoms with Crippen LogP contribution in [0.4, 0.5) is 0 Å². The summed E-state index contributed by atoms with van der Waals surface area (Å²) in [6.45, 7) is 0.468. The Kier molecular flexibility index (Phi) is 3.59. The number of para-hydroxylation sites is 1. The molecular formula is C13H12BrNO. The fraction of sp³-hybridized carbons (Fsp3) is 0.0769. The molecule has 0 aromatic heterocycles. The lowest BCUT2D eigenvalue weighted by Crippen LogP contribution is -1.99. The molecule has 0 bridgehead atoms. The van der Waals surface area contributed by atoms with Gasteiger partial charge < -0.3 is 10.5 Å². The van der Waals surface area contributed by atoms with Gasteiger partial charge in [-0.15, -0.1) is 0 Å². The Balaban J connectivity index is 2.30. The molecular weight excluding hydrogens is 266 g/mol. The van der Waals surface area contributed by atoms with Gasteiger partial charge in [-0.2, -0.15) is 0 Å². The normalized spacial score (nSPS) is 10.1. The van der Waals surface area contributed by atoms with Crippen LogP contribution in [0.25, 0.3) is 0 Å². The maximum absolute atomic E-state index is 5.77. The zero-order chi connectivity index (χ0) is 11.4. The van der Waals surface area contributed by atoms with Crippen LogP contribution < -0.4 is 10.5 Å². The van der Waals surface area contributed by atoms with Gasteiger partial charge in [0.1, 0.15) is 11.5 Å². The molecule has 0 atom stereocenters. The molecule has 82 valence electrons. The fourth-order valence-corrected chi connectivity index (χ4v) is 1.75. The standard InChI is InChI=1S/C13H12BrNO/c14-11-7-6-10(9-15)13(8-11)16-12-4-2-1-3-5-12/h1-8H,9,15H2. The van der Waals surface area contributed by atoms with Crippen LogP contribution in [-0.4, -0.2) is 0 Å². The summed E-state index contributed by atoms with van der Waals surface area (Å²) in [5, 5.41) is 0. The Labute approximate surface area is 103 Å². The predicted molar refractivity (Wildman–Crippen MR) is 68.5 cm³/mol. The smallest absolute Gasteiger partial charge is 0.133 e. The second kappa shape index (κ2) is 5.14. The molecule has 0 spiro atoms. The first-order chi connectivity index (χ1) is 7.79. The first-order valence-corrected chi connectivity index (χ1v) is 5.80. The van der Waals surface area contributed by atoms with Crippen molar-refractivity contribution in [2.75, 3.05) is 0 Å². The number of ether oxygens (including phenoxy) is 1. The van der Waals surface area contributed by atoms with Gasteiger partial charge in [-0.1, -0.05) is 40.2 Å². The summed E-state index contributed by atoms with van der Waals surface area (Å²) in [5.41, 5.74) is 6.65. The zero-order valence-electron chi connectivity index (χ0n) is 8.69. The Hall–Kier alpha value is -1.32. The van der Waals surface area contributed by atoms with E-state index in [4.69, 9.17) is 10.5 Å². The highest BCUT2D eigenvalue weighted by atomic mass is 79.9. The molecule has 2 aromatic rings. The van der Waals surface area contributed by atoms with Crippen LogP contribution in [0.2, 0.25) is 0 Å². The summed E-state index contributed by atoms with van der Waals surface area (Å²) in [4.78, 5) is 0. The number of nitrogens with two attached hydrogens (primary N) is 1. The average molecular weight is 278 g/mol. The van der Waals surface area contributed by atoms with Crippen molar-refractivity contribution in [1.29, 1.82) is 0 Å². The van der Waals surface area contributed by atoms with E-state index in [-0.39, 0.29) is 0 Å². The first kappa shape index (κ1) is 11.2. The highest BCUT2D eigenvalue weighted by Gasteiger charge is 2.04. The van der Waals surface area contributed by atoms with Crippen LogP contribution in [-0.2, 0) is 6.54 Å². The lowest BCUT2D eigenvalue weighted by molar-refractivity contribution is 0.476. The van der Waals surface area contributed by atoms with Gasteiger partial charge in [0.25, 0.3) is 0 Å². The summed E-state index contributed by atoms with van der Waals surface area (Å²) in [7, 11) is 0. The van der Waals surface area contributed by atoms with Crippen molar-refractivity contribution in [3.05, 3.63) is 58.6 Å². The van der Waals surface area contributed by atoms with Gasteiger partial charge in [-0.3, -0.25) is 0 Å². The minimum atomic E-state index is 0.468. The van der Waals surface area contributed by atoms with Gasteiger partial charge in [0.05, 0.1) is 0 Å². The zero-order valence-corrected chi connectivity index (χ0v) is 10.3. The second-order valence-corrected chi connectivity index (χ2v) is 4.29. The van der Waals surface area contributed by atoms with Gasteiger partial charge in [-0.25, -0.2) is 0 Å². The van der Waals surface area contributed by atoms with E-state index in [1.165, 1.54) is 0 Å². The lowest BCUT2D eigenvalue weighted by atomic mass is 10.2. The molecule has 16 heavy (non-hydrogen) atoms. The molecule has 0 saturated heterocycles.